The fraction of sp³-hybridized carbons (Fsp3) is 0.250. The number of nitro benzene ring substituents is 1. The topological polar surface area (TPSA) is 72.6 Å². The first-order valence-corrected chi connectivity index (χ1v) is 7.03. The molecule has 0 unspecified atom stereocenters. The molecule has 0 heterocycles. The molecule has 0 bridgehead atoms. The minimum absolute atomic E-state index is 0.137. The number of hydrogen-bond donors (Lipinski definition) is 0. The fourth-order valence-electron chi connectivity index (χ4n) is 0.957. The predicted molar refractivity (Wildman–Crippen MR) is 62.9 cm³/mol. The van der Waals surface area contributed by atoms with Crippen LogP contribution in [-0.2, 0) is 9.73 Å². The molecular formula is C8H9BrN2O3S. The van der Waals surface area contributed by atoms with Crippen molar-refractivity contribution in [2.75, 3.05) is 12.5 Å². The first-order chi connectivity index (χ1) is 6.79. The zero-order chi connectivity index (χ0) is 11.6. The average molecular weight is 293 g/mol. The molecule has 0 saturated carbocycles. The SMILES string of the molecule is CS(C)(=O)=Nc1ccc(Br)cc1[N+](=O)[O-]. The van der Waals surface area contributed by atoms with Crippen molar-refractivity contribution >= 4 is 37.0 Å². The van der Waals surface area contributed by atoms with Crippen molar-refractivity contribution in [3.8, 4) is 0 Å². The van der Waals surface area contributed by atoms with Gasteiger partial charge in [-0.15, -0.1) is 0 Å². The summed E-state index contributed by atoms with van der Waals surface area (Å²) < 4.78 is 15.8. The average Bonchev–Trinajstić information content (AvgIpc) is 2.05. The van der Waals surface area contributed by atoms with Crippen LogP contribution in [0.4, 0.5) is 11.4 Å². The summed E-state index contributed by atoms with van der Waals surface area (Å²) in [7, 11) is -2.39. The summed E-state index contributed by atoms with van der Waals surface area (Å²) in [4.78, 5) is 10.1. The molecule has 1 aromatic rings. The number of nitrogens with zero attached hydrogens (tertiary/aromatic N) is 2. The second kappa shape index (κ2) is 4.28. The van der Waals surface area contributed by atoms with Crippen LogP contribution in [0.15, 0.2) is 27.0 Å². The van der Waals surface area contributed by atoms with Crippen LogP contribution in [0.25, 0.3) is 0 Å². The summed E-state index contributed by atoms with van der Waals surface area (Å²) >= 11 is 3.13. The summed E-state index contributed by atoms with van der Waals surface area (Å²) in [5.74, 6) is 0. The molecule has 0 fully saturated rings. The summed E-state index contributed by atoms with van der Waals surface area (Å²) in [5, 5.41) is 10.7. The Balaban J connectivity index is 3.43. The van der Waals surface area contributed by atoms with Crippen molar-refractivity contribution in [3.05, 3.63) is 32.8 Å². The van der Waals surface area contributed by atoms with Crippen LogP contribution in [0.3, 0.4) is 0 Å². The van der Waals surface area contributed by atoms with E-state index in [0.29, 0.717) is 4.47 Å². The van der Waals surface area contributed by atoms with Crippen LogP contribution in [0.1, 0.15) is 0 Å². The zero-order valence-electron chi connectivity index (χ0n) is 8.14. The van der Waals surface area contributed by atoms with E-state index >= 15 is 0 Å². The normalized spacial score (nSPS) is 11.1. The van der Waals surface area contributed by atoms with Gasteiger partial charge in [0.25, 0.3) is 5.69 Å². The largest absolute Gasteiger partial charge is 0.296 e. The van der Waals surface area contributed by atoms with Crippen molar-refractivity contribution in [1.82, 2.24) is 0 Å². The molecule has 0 aliphatic heterocycles. The van der Waals surface area contributed by atoms with E-state index in [9.17, 15) is 14.3 Å². The van der Waals surface area contributed by atoms with Crippen LogP contribution in [0, 0.1) is 10.1 Å². The smallest absolute Gasteiger partial charge is 0.258 e. The van der Waals surface area contributed by atoms with Crippen molar-refractivity contribution < 1.29 is 9.13 Å². The minimum atomic E-state index is -2.39. The van der Waals surface area contributed by atoms with E-state index in [-0.39, 0.29) is 11.4 Å². The molecule has 0 aliphatic carbocycles. The van der Waals surface area contributed by atoms with Gasteiger partial charge in [0.05, 0.1) is 4.92 Å². The van der Waals surface area contributed by atoms with Crippen LogP contribution in [0.5, 0.6) is 0 Å². The van der Waals surface area contributed by atoms with Crippen LogP contribution >= 0.6 is 15.9 Å². The number of nitro groups is 1. The van der Waals surface area contributed by atoms with Crippen molar-refractivity contribution in [1.29, 1.82) is 0 Å². The molecule has 0 aliphatic rings. The number of halogens is 1. The molecule has 0 radical (unpaired) electrons. The van der Waals surface area contributed by atoms with Crippen LogP contribution in [-0.4, -0.2) is 21.6 Å². The van der Waals surface area contributed by atoms with Crippen molar-refractivity contribution in [2.24, 2.45) is 4.36 Å². The molecule has 1 rings (SSSR count). The molecule has 7 heteroatoms. The monoisotopic (exact) mass is 292 g/mol. The Labute approximate surface area is 96.0 Å². The molecule has 0 amide bonds. The predicted octanol–water partition coefficient (Wildman–Crippen LogP) is 2.72. The fourth-order valence-corrected chi connectivity index (χ4v) is 1.93. The molecule has 0 N–H and O–H groups in total. The molecule has 0 saturated heterocycles. The second-order valence-electron chi connectivity index (χ2n) is 3.16. The molecule has 5 nitrogen and oxygen atoms in total. The number of hydrogen-bond acceptors (Lipinski definition) is 4. The molecule has 0 atom stereocenters. The molecule has 82 valence electrons. The quantitative estimate of drug-likeness (QED) is 0.621. The lowest BCUT2D eigenvalue weighted by Crippen LogP contribution is -1.92. The van der Waals surface area contributed by atoms with Crippen molar-refractivity contribution in [2.45, 2.75) is 0 Å². The van der Waals surface area contributed by atoms with Crippen molar-refractivity contribution in [3.63, 3.8) is 0 Å². The van der Waals surface area contributed by atoms with Gasteiger partial charge in [0, 0.05) is 32.8 Å². The first-order valence-electron chi connectivity index (χ1n) is 3.91. The van der Waals surface area contributed by atoms with Gasteiger partial charge in [-0.2, -0.15) is 4.36 Å². The number of rotatable bonds is 2. The number of benzene rings is 1. The Kier molecular flexibility index (Phi) is 3.46. The molecular weight excluding hydrogens is 284 g/mol. The summed E-state index contributed by atoms with van der Waals surface area (Å²) in [6, 6.07) is 4.43. The van der Waals surface area contributed by atoms with Gasteiger partial charge < -0.3 is 0 Å². The molecule has 1 aromatic carbocycles. The lowest BCUT2D eigenvalue weighted by atomic mass is 10.3. The molecule has 15 heavy (non-hydrogen) atoms. The van der Waals surface area contributed by atoms with Crippen LogP contribution in [0.2, 0.25) is 0 Å². The van der Waals surface area contributed by atoms with Gasteiger partial charge in [0.2, 0.25) is 0 Å². The second-order valence-corrected chi connectivity index (χ2v) is 6.62. The summed E-state index contributed by atoms with van der Waals surface area (Å²) in [6.45, 7) is 0. The highest BCUT2D eigenvalue weighted by atomic mass is 79.9. The lowest BCUT2D eigenvalue weighted by molar-refractivity contribution is -0.384. The third-order valence-corrected chi connectivity index (χ3v) is 2.58. The maximum Gasteiger partial charge on any atom is 0.296 e. The van der Waals surface area contributed by atoms with Gasteiger partial charge in [-0.25, -0.2) is 4.21 Å². The third-order valence-electron chi connectivity index (χ3n) is 1.45. The van der Waals surface area contributed by atoms with Gasteiger partial charge in [-0.1, -0.05) is 15.9 Å². The highest BCUT2D eigenvalue weighted by molar-refractivity contribution is 9.10. The molecule has 0 spiro atoms. The van der Waals surface area contributed by atoms with E-state index in [4.69, 9.17) is 0 Å². The summed E-state index contributed by atoms with van der Waals surface area (Å²) in [5.41, 5.74) is -0.0148. The standard InChI is InChI=1S/C8H9BrN2O3S/c1-15(2,14)10-7-4-3-6(9)5-8(7)11(12)13/h3-5H,1-2H3. The van der Waals surface area contributed by atoms with E-state index < -0.39 is 14.7 Å². The Morgan fingerprint density at radius 3 is 2.53 bits per heavy atom. The summed E-state index contributed by atoms with van der Waals surface area (Å²) in [6.07, 6.45) is 2.86. The van der Waals surface area contributed by atoms with Gasteiger partial charge in [-0.3, -0.25) is 10.1 Å². The lowest BCUT2D eigenvalue weighted by Gasteiger charge is -1.99. The van der Waals surface area contributed by atoms with E-state index in [2.05, 4.69) is 20.3 Å². The Morgan fingerprint density at radius 2 is 2.07 bits per heavy atom. The van der Waals surface area contributed by atoms with E-state index in [1.165, 1.54) is 24.6 Å². The minimum Gasteiger partial charge on any atom is -0.258 e. The van der Waals surface area contributed by atoms with Gasteiger partial charge in [0.1, 0.15) is 0 Å². The zero-order valence-corrected chi connectivity index (χ0v) is 10.5. The molecule has 0 aromatic heterocycles. The van der Waals surface area contributed by atoms with E-state index in [1.807, 2.05) is 0 Å². The van der Waals surface area contributed by atoms with E-state index in [1.54, 1.807) is 6.07 Å². The van der Waals surface area contributed by atoms with Gasteiger partial charge in [0.15, 0.2) is 5.69 Å². The van der Waals surface area contributed by atoms with E-state index in [0.717, 1.165) is 0 Å². The third kappa shape index (κ3) is 3.60. The Morgan fingerprint density at radius 1 is 1.47 bits per heavy atom. The highest BCUT2D eigenvalue weighted by Crippen LogP contribution is 2.30. The van der Waals surface area contributed by atoms with Crippen LogP contribution < -0.4 is 0 Å². The maximum atomic E-state index is 11.4. The Hall–Kier alpha value is -0.950. The Bertz CT molecular complexity index is 513. The van der Waals surface area contributed by atoms with Gasteiger partial charge in [-0.05, 0) is 12.1 Å². The van der Waals surface area contributed by atoms with Gasteiger partial charge >= 0.3 is 0 Å². The maximum absolute atomic E-state index is 11.4. The first kappa shape index (κ1) is 12.1. The highest BCUT2D eigenvalue weighted by Gasteiger charge is 2.14.